The molecule has 0 saturated heterocycles. The smallest absolute Gasteiger partial charge is 0.321 e. The van der Waals surface area contributed by atoms with Crippen LogP contribution in [-0.2, 0) is 28.5 Å². The molecule has 0 N–H and O–H groups in total. The second-order valence-electron chi connectivity index (χ2n) is 8.87. The molecule has 0 radical (unpaired) electrons. The number of hydrogen-bond acceptors (Lipinski definition) is 6. The highest BCUT2D eigenvalue weighted by atomic mass is 32.2. The lowest BCUT2D eigenvalue weighted by atomic mass is 9.87. The Labute approximate surface area is 193 Å². The van der Waals surface area contributed by atoms with Gasteiger partial charge in [0.2, 0.25) is 0 Å². The van der Waals surface area contributed by atoms with Crippen LogP contribution < -0.4 is 5.56 Å². The fourth-order valence-electron chi connectivity index (χ4n) is 3.83. The summed E-state index contributed by atoms with van der Waals surface area (Å²) in [5, 5.41) is 9.45. The Kier molecular flexibility index (Phi) is 5.39. The molecule has 12 heteroatoms. The van der Waals surface area contributed by atoms with Gasteiger partial charge in [0.15, 0.2) is 15.7 Å². The van der Waals surface area contributed by atoms with E-state index < -0.39 is 38.7 Å². The molecule has 8 nitrogen and oxygen atoms in total. The number of imidazole rings is 1. The van der Waals surface area contributed by atoms with Crippen LogP contribution >= 0.6 is 0 Å². The van der Waals surface area contributed by atoms with E-state index >= 15 is 0 Å². The van der Waals surface area contributed by atoms with Gasteiger partial charge in [-0.1, -0.05) is 6.92 Å². The molecule has 3 aromatic heterocycles. The van der Waals surface area contributed by atoms with Crippen molar-refractivity contribution in [2.45, 2.75) is 56.1 Å². The summed E-state index contributed by atoms with van der Waals surface area (Å²) in [6.07, 6.45) is -2.48. The zero-order valence-corrected chi connectivity index (χ0v) is 19.8. The minimum Gasteiger partial charge on any atom is -0.321 e. The van der Waals surface area contributed by atoms with E-state index in [1.165, 1.54) is 30.8 Å². The van der Waals surface area contributed by atoms with Crippen LogP contribution in [0.3, 0.4) is 0 Å². The summed E-state index contributed by atoms with van der Waals surface area (Å²) < 4.78 is 69.0. The summed E-state index contributed by atoms with van der Waals surface area (Å²) in [5.74, 6) is -0.323. The number of halogens is 3. The second kappa shape index (κ2) is 7.66. The summed E-state index contributed by atoms with van der Waals surface area (Å²) in [6.45, 7) is 4.67. The van der Waals surface area contributed by atoms with Crippen LogP contribution in [0.15, 0.2) is 28.0 Å². The van der Waals surface area contributed by atoms with E-state index in [0.29, 0.717) is 18.4 Å². The number of pyridine rings is 2. The number of rotatable bonds is 5. The lowest BCUT2D eigenvalue weighted by Crippen LogP contribution is -2.28. The van der Waals surface area contributed by atoms with Crippen molar-refractivity contribution < 1.29 is 21.6 Å². The van der Waals surface area contributed by atoms with Crippen LogP contribution in [0.5, 0.6) is 0 Å². The van der Waals surface area contributed by atoms with Crippen molar-refractivity contribution in [3.63, 3.8) is 0 Å². The third-order valence-corrected chi connectivity index (χ3v) is 7.80. The van der Waals surface area contributed by atoms with Crippen molar-refractivity contribution >= 4 is 20.9 Å². The first-order valence-electron chi connectivity index (χ1n) is 10.6. The topological polar surface area (TPSA) is 111 Å². The predicted molar refractivity (Wildman–Crippen MR) is 118 cm³/mol. The molecular weight excluding hydrogens is 471 g/mol. The lowest BCUT2D eigenvalue weighted by molar-refractivity contribution is -0.144. The van der Waals surface area contributed by atoms with E-state index in [4.69, 9.17) is 0 Å². The largest absolute Gasteiger partial charge is 0.431 e. The van der Waals surface area contributed by atoms with Gasteiger partial charge in [-0.3, -0.25) is 14.3 Å². The van der Waals surface area contributed by atoms with Crippen LogP contribution in [0, 0.1) is 11.3 Å². The number of nitrogens with zero attached hydrogens (tertiary/aromatic N) is 5. The first-order valence-corrected chi connectivity index (χ1v) is 12.2. The first kappa shape index (κ1) is 23.9. The molecule has 0 unspecified atom stereocenters. The summed E-state index contributed by atoms with van der Waals surface area (Å²) in [4.78, 5) is 21.4. The number of alkyl halides is 3. The van der Waals surface area contributed by atoms with Crippen molar-refractivity contribution in [2.75, 3.05) is 5.75 Å². The quantitative estimate of drug-likeness (QED) is 0.535. The van der Waals surface area contributed by atoms with E-state index in [0.717, 1.165) is 10.6 Å². The minimum atomic E-state index is -4.76. The summed E-state index contributed by atoms with van der Waals surface area (Å²) in [5.41, 5.74) is -2.96. The Balaban J connectivity index is 2.05. The monoisotopic (exact) mass is 493 g/mol. The van der Waals surface area contributed by atoms with Gasteiger partial charge in [0, 0.05) is 19.3 Å². The summed E-state index contributed by atoms with van der Waals surface area (Å²) in [6, 6.07) is 3.72. The van der Waals surface area contributed by atoms with Gasteiger partial charge in [0.1, 0.15) is 16.9 Å². The van der Waals surface area contributed by atoms with Crippen molar-refractivity contribution in [1.29, 1.82) is 5.26 Å². The van der Waals surface area contributed by atoms with Crippen molar-refractivity contribution in [1.82, 2.24) is 19.1 Å². The number of hydrogen-bond donors (Lipinski definition) is 0. The molecule has 34 heavy (non-hydrogen) atoms. The minimum absolute atomic E-state index is 0.0536. The molecule has 0 spiro atoms. The number of nitriles is 1. The Bertz CT molecular complexity index is 1520. The molecule has 3 heterocycles. The zero-order valence-electron chi connectivity index (χ0n) is 18.9. The van der Waals surface area contributed by atoms with E-state index in [2.05, 4.69) is 16.0 Å². The van der Waals surface area contributed by atoms with Gasteiger partial charge < -0.3 is 4.57 Å². The third kappa shape index (κ3) is 3.77. The number of fused-ring (bicyclic) bond motifs is 1. The van der Waals surface area contributed by atoms with Gasteiger partial charge >= 0.3 is 6.18 Å². The number of aromatic nitrogens is 4. The molecule has 1 aliphatic rings. The van der Waals surface area contributed by atoms with Crippen LogP contribution in [0.2, 0.25) is 0 Å². The van der Waals surface area contributed by atoms with Crippen LogP contribution in [0.4, 0.5) is 13.2 Å². The van der Waals surface area contributed by atoms with Gasteiger partial charge in [-0.05, 0) is 44.4 Å². The molecule has 0 atom stereocenters. The summed E-state index contributed by atoms with van der Waals surface area (Å²) in [7, 11) is -2.43. The van der Waals surface area contributed by atoms with Crippen LogP contribution in [-0.4, -0.2) is 33.3 Å². The zero-order chi connectivity index (χ0) is 25.2. The average Bonchev–Trinajstić information content (AvgIpc) is 3.55. The summed E-state index contributed by atoms with van der Waals surface area (Å²) >= 11 is 0. The van der Waals surface area contributed by atoms with Gasteiger partial charge in [0.05, 0.1) is 27.6 Å². The normalized spacial score (nSPS) is 15.0. The fourth-order valence-corrected chi connectivity index (χ4v) is 4.89. The number of sulfone groups is 1. The maximum Gasteiger partial charge on any atom is 0.431 e. The van der Waals surface area contributed by atoms with Crippen LogP contribution in [0.25, 0.3) is 22.6 Å². The van der Waals surface area contributed by atoms with E-state index in [1.807, 2.05) is 0 Å². The first-order chi connectivity index (χ1) is 15.7. The molecular formula is C22H22F3N5O3S. The van der Waals surface area contributed by atoms with E-state index in [-0.39, 0.29) is 33.2 Å². The molecule has 180 valence electrons. The highest BCUT2D eigenvalue weighted by Gasteiger charge is 2.40. The molecule has 4 rings (SSSR count). The molecule has 1 aliphatic carbocycles. The van der Waals surface area contributed by atoms with Crippen molar-refractivity contribution in [2.24, 2.45) is 7.05 Å². The molecule has 3 aromatic rings. The Morgan fingerprint density at radius 3 is 2.41 bits per heavy atom. The van der Waals surface area contributed by atoms with E-state index in [9.17, 15) is 31.6 Å². The second-order valence-corrected chi connectivity index (χ2v) is 11.1. The predicted octanol–water partition coefficient (Wildman–Crippen LogP) is 3.75. The molecule has 0 aliphatic heterocycles. The SMILES string of the molecule is CCS(=O)(=O)c1cc(C(C)(C)C#N)cnc1-c1nc2cc(C(F)(F)F)n(C3CC3)c(=O)c2n1C. The number of aryl methyl sites for hydroxylation is 1. The van der Waals surface area contributed by atoms with E-state index in [1.54, 1.807) is 13.8 Å². The van der Waals surface area contributed by atoms with Gasteiger partial charge in [0.25, 0.3) is 5.56 Å². The third-order valence-electron chi connectivity index (χ3n) is 6.06. The standard InChI is InChI=1S/C22H22F3N5O3S/c1-5-34(32,33)15-8-12(21(2,3)11-26)10-27-17(15)19-28-14-9-16(22(23,24)25)30(13-6-7-13)20(31)18(14)29(19)4/h8-10,13H,5-7H2,1-4H3. The van der Waals surface area contributed by atoms with Crippen LogP contribution in [0.1, 0.15) is 50.9 Å². The van der Waals surface area contributed by atoms with Gasteiger partial charge in [-0.15, -0.1) is 0 Å². The Morgan fingerprint density at radius 2 is 1.88 bits per heavy atom. The molecule has 1 fully saturated rings. The highest BCUT2D eigenvalue weighted by molar-refractivity contribution is 7.91. The Morgan fingerprint density at radius 1 is 1.24 bits per heavy atom. The van der Waals surface area contributed by atoms with Crippen molar-refractivity contribution in [3.8, 4) is 17.6 Å². The fraction of sp³-hybridized carbons (Fsp3) is 0.455. The maximum atomic E-state index is 13.7. The molecule has 0 bridgehead atoms. The van der Waals surface area contributed by atoms with Gasteiger partial charge in [-0.2, -0.15) is 18.4 Å². The maximum absolute atomic E-state index is 13.7. The average molecular weight is 494 g/mol. The molecule has 0 aromatic carbocycles. The Hall–Kier alpha value is -3.20. The lowest BCUT2D eigenvalue weighted by Gasteiger charge is -2.18. The van der Waals surface area contributed by atoms with Crippen molar-refractivity contribution in [3.05, 3.63) is 39.9 Å². The van der Waals surface area contributed by atoms with Gasteiger partial charge in [-0.25, -0.2) is 13.4 Å². The molecule has 0 amide bonds. The highest BCUT2D eigenvalue weighted by Crippen LogP contribution is 2.40. The molecule has 1 saturated carbocycles.